The molecule has 0 aliphatic heterocycles. The summed E-state index contributed by atoms with van der Waals surface area (Å²) in [5.41, 5.74) is 6.79. The largest absolute Gasteiger partial charge is 0.496 e. The van der Waals surface area contributed by atoms with Crippen molar-refractivity contribution in [2.24, 2.45) is 0 Å². The van der Waals surface area contributed by atoms with Gasteiger partial charge in [-0.2, -0.15) is 0 Å². The summed E-state index contributed by atoms with van der Waals surface area (Å²) in [5.74, 6) is -0.567. The monoisotopic (exact) mass is 372 g/mol. The molecule has 1 aromatic heterocycles. The topological polar surface area (TPSA) is 99.4 Å². The van der Waals surface area contributed by atoms with Gasteiger partial charge in [0.05, 0.1) is 19.1 Å². The maximum absolute atomic E-state index is 14.0. The van der Waals surface area contributed by atoms with Gasteiger partial charge in [-0.05, 0) is 26.0 Å². The van der Waals surface area contributed by atoms with E-state index < -0.39 is 11.7 Å². The number of rotatable bonds is 7. The lowest BCUT2D eigenvalue weighted by molar-refractivity contribution is 0.0945. The summed E-state index contributed by atoms with van der Waals surface area (Å²) in [6, 6.07) is 4.41. The molecule has 7 nitrogen and oxygen atoms in total. The van der Waals surface area contributed by atoms with Crippen molar-refractivity contribution in [2.45, 2.75) is 20.4 Å². The molecule has 1 amide bonds. The van der Waals surface area contributed by atoms with Gasteiger partial charge >= 0.3 is 0 Å². The van der Waals surface area contributed by atoms with Gasteiger partial charge in [0, 0.05) is 12.1 Å². The van der Waals surface area contributed by atoms with Crippen LogP contribution in [0.4, 0.5) is 10.2 Å². The molecule has 2 aromatic rings. The van der Waals surface area contributed by atoms with E-state index in [9.17, 15) is 9.18 Å². The second-order valence-corrected chi connectivity index (χ2v) is 5.51. The van der Waals surface area contributed by atoms with E-state index in [1.807, 2.05) is 0 Å². The molecule has 8 heteroatoms. The molecule has 1 aromatic carbocycles. The van der Waals surface area contributed by atoms with Crippen molar-refractivity contribution < 1.29 is 18.7 Å². The number of hydrogen-bond acceptors (Lipinski definition) is 6. The van der Waals surface area contributed by atoms with Gasteiger partial charge in [0.2, 0.25) is 0 Å². The minimum atomic E-state index is -0.583. The Kier molecular flexibility index (Phi) is 6.48. The Bertz CT molecular complexity index is 897. The first-order valence-electron chi connectivity index (χ1n) is 8.09. The Morgan fingerprint density at radius 3 is 2.78 bits per heavy atom. The minimum Gasteiger partial charge on any atom is -0.496 e. The van der Waals surface area contributed by atoms with Crippen molar-refractivity contribution in [3.8, 4) is 5.75 Å². The quantitative estimate of drug-likeness (QED) is 0.725. The number of halogens is 1. The molecule has 27 heavy (non-hydrogen) atoms. The molecular formula is C19H21FN4O3. The maximum atomic E-state index is 14.0. The number of aryl methyl sites for hydroxylation is 1. The van der Waals surface area contributed by atoms with Crippen molar-refractivity contribution in [1.29, 1.82) is 0 Å². The molecule has 2 rings (SSSR count). The van der Waals surface area contributed by atoms with Crippen LogP contribution >= 0.6 is 0 Å². The van der Waals surface area contributed by atoms with E-state index in [1.165, 1.54) is 25.5 Å². The summed E-state index contributed by atoms with van der Waals surface area (Å²) in [4.78, 5) is 20.8. The van der Waals surface area contributed by atoms with Gasteiger partial charge in [-0.1, -0.05) is 18.7 Å². The third kappa shape index (κ3) is 4.60. The molecule has 0 radical (unpaired) electrons. The number of hydrogen-bond donors (Lipinski definition) is 2. The molecular weight excluding hydrogens is 351 g/mol. The first-order valence-corrected chi connectivity index (χ1v) is 8.09. The number of amides is 1. The molecule has 1 heterocycles. The Morgan fingerprint density at radius 2 is 2.11 bits per heavy atom. The number of benzene rings is 1. The number of carbonyl (C=O) groups excluding carboxylic acids is 1. The number of aromatic nitrogens is 2. The number of nitrogens with one attached hydrogen (secondary N) is 1. The fraction of sp³-hybridized carbons (Fsp3) is 0.211. The van der Waals surface area contributed by atoms with E-state index >= 15 is 0 Å². The molecule has 3 N–H and O–H groups in total. The first-order chi connectivity index (χ1) is 12.9. The highest BCUT2D eigenvalue weighted by Gasteiger charge is 2.19. The summed E-state index contributed by atoms with van der Waals surface area (Å²) >= 11 is 0. The van der Waals surface area contributed by atoms with Crippen LogP contribution in [-0.4, -0.2) is 23.0 Å². The van der Waals surface area contributed by atoms with Crippen molar-refractivity contribution >= 4 is 17.5 Å². The fourth-order valence-corrected chi connectivity index (χ4v) is 2.32. The molecule has 0 fully saturated rings. The van der Waals surface area contributed by atoms with Crippen molar-refractivity contribution in [3.05, 3.63) is 65.6 Å². The van der Waals surface area contributed by atoms with E-state index in [2.05, 4.69) is 21.9 Å². The smallest absolute Gasteiger partial charge is 0.274 e. The number of methoxy groups -OCH3 is 1. The SMILES string of the molecule is C=C(O/C=C\C)c1nc(N)c(C(=O)NCc2c(F)cccc2OC)nc1C. The van der Waals surface area contributed by atoms with Gasteiger partial charge < -0.3 is 20.5 Å². The Morgan fingerprint density at radius 1 is 1.37 bits per heavy atom. The second-order valence-electron chi connectivity index (χ2n) is 5.51. The zero-order valence-electron chi connectivity index (χ0n) is 15.4. The van der Waals surface area contributed by atoms with Crippen molar-refractivity contribution in [2.75, 3.05) is 12.8 Å². The number of nitrogens with zero attached hydrogens (tertiary/aromatic N) is 2. The number of nitrogens with two attached hydrogens (primary N) is 1. The molecule has 0 aliphatic carbocycles. The van der Waals surface area contributed by atoms with Gasteiger partial charge in [-0.3, -0.25) is 4.79 Å². The first kappa shape index (κ1) is 19.9. The second kappa shape index (κ2) is 8.79. The minimum absolute atomic E-state index is 0.0645. The van der Waals surface area contributed by atoms with Gasteiger partial charge in [0.1, 0.15) is 23.0 Å². The molecule has 0 saturated heterocycles. The zero-order chi connectivity index (χ0) is 20.0. The summed E-state index contributed by atoms with van der Waals surface area (Å²) in [5, 5.41) is 2.58. The van der Waals surface area contributed by atoms with Gasteiger partial charge in [0.25, 0.3) is 5.91 Å². The van der Waals surface area contributed by atoms with E-state index in [1.54, 1.807) is 26.0 Å². The third-order valence-electron chi connectivity index (χ3n) is 3.64. The van der Waals surface area contributed by atoms with Crippen LogP contribution in [0, 0.1) is 12.7 Å². The normalized spacial score (nSPS) is 10.7. The number of allylic oxidation sites excluding steroid dienone is 1. The van der Waals surface area contributed by atoms with Crippen LogP contribution in [0.5, 0.6) is 5.75 Å². The average Bonchev–Trinajstić information content (AvgIpc) is 2.66. The fourth-order valence-electron chi connectivity index (χ4n) is 2.32. The van der Waals surface area contributed by atoms with Gasteiger partial charge in [-0.15, -0.1) is 0 Å². The lowest BCUT2D eigenvalue weighted by atomic mass is 10.2. The van der Waals surface area contributed by atoms with E-state index in [0.29, 0.717) is 17.1 Å². The van der Waals surface area contributed by atoms with Crippen LogP contribution in [-0.2, 0) is 11.3 Å². The lowest BCUT2D eigenvalue weighted by Gasteiger charge is -2.13. The number of anilines is 1. The van der Waals surface area contributed by atoms with E-state index in [4.69, 9.17) is 15.2 Å². The predicted octanol–water partition coefficient (Wildman–Crippen LogP) is 2.97. The zero-order valence-corrected chi connectivity index (χ0v) is 15.4. The van der Waals surface area contributed by atoms with E-state index in [-0.39, 0.29) is 29.4 Å². The third-order valence-corrected chi connectivity index (χ3v) is 3.64. The van der Waals surface area contributed by atoms with Crippen LogP contribution in [0.1, 0.15) is 34.4 Å². The summed E-state index contributed by atoms with van der Waals surface area (Å²) in [7, 11) is 1.42. The lowest BCUT2D eigenvalue weighted by Crippen LogP contribution is -2.26. The van der Waals surface area contributed by atoms with E-state index in [0.717, 1.165) is 0 Å². The predicted molar refractivity (Wildman–Crippen MR) is 100 cm³/mol. The highest BCUT2D eigenvalue weighted by atomic mass is 19.1. The number of ether oxygens (including phenoxy) is 2. The average molecular weight is 372 g/mol. The Balaban J connectivity index is 2.20. The molecule has 0 atom stereocenters. The number of nitrogen functional groups attached to an aromatic ring is 1. The molecule has 0 bridgehead atoms. The number of carbonyl (C=O) groups is 1. The Labute approximate surface area is 156 Å². The van der Waals surface area contributed by atoms with Gasteiger partial charge in [-0.25, -0.2) is 14.4 Å². The highest BCUT2D eigenvalue weighted by Crippen LogP contribution is 2.22. The molecule has 142 valence electrons. The molecule has 0 aliphatic rings. The molecule has 0 spiro atoms. The summed E-state index contributed by atoms with van der Waals surface area (Å²) in [6.07, 6.45) is 3.14. The van der Waals surface area contributed by atoms with Crippen LogP contribution in [0.2, 0.25) is 0 Å². The van der Waals surface area contributed by atoms with Gasteiger partial charge in [0.15, 0.2) is 11.5 Å². The summed E-state index contributed by atoms with van der Waals surface area (Å²) < 4.78 is 24.3. The van der Waals surface area contributed by atoms with Crippen molar-refractivity contribution in [1.82, 2.24) is 15.3 Å². The Hall–Kier alpha value is -3.42. The van der Waals surface area contributed by atoms with Crippen LogP contribution in [0.3, 0.4) is 0 Å². The highest BCUT2D eigenvalue weighted by molar-refractivity contribution is 5.96. The molecule has 0 saturated carbocycles. The standard InChI is InChI=1S/C19H21FN4O3/c1-5-9-27-12(3)16-11(2)23-17(18(21)24-16)19(25)22-10-13-14(20)7-6-8-15(13)26-4/h5-9H,3,10H2,1-2,4H3,(H2,21,24)(H,22,25)/b9-5-. The van der Waals surface area contributed by atoms with Crippen LogP contribution in [0.25, 0.3) is 5.76 Å². The maximum Gasteiger partial charge on any atom is 0.274 e. The van der Waals surface area contributed by atoms with Crippen LogP contribution < -0.4 is 15.8 Å². The summed E-state index contributed by atoms with van der Waals surface area (Å²) in [6.45, 7) is 7.11. The van der Waals surface area contributed by atoms with Crippen LogP contribution in [0.15, 0.2) is 37.1 Å². The van der Waals surface area contributed by atoms with Crippen molar-refractivity contribution in [3.63, 3.8) is 0 Å². The molecule has 0 unspecified atom stereocenters.